The molecule has 0 aliphatic carbocycles. The fourth-order valence-corrected chi connectivity index (χ4v) is 4.23. The van der Waals surface area contributed by atoms with Gasteiger partial charge < -0.3 is 10.1 Å². The van der Waals surface area contributed by atoms with Crippen molar-refractivity contribution < 1.29 is 9.53 Å². The van der Waals surface area contributed by atoms with Crippen LogP contribution in [0.15, 0.2) is 35.7 Å². The van der Waals surface area contributed by atoms with E-state index in [0.29, 0.717) is 6.54 Å². The van der Waals surface area contributed by atoms with Gasteiger partial charge in [0.2, 0.25) is 0 Å². The first-order valence-electron chi connectivity index (χ1n) is 8.89. The monoisotopic (exact) mass is 358 g/mol. The second kappa shape index (κ2) is 8.50. The Bertz CT molecular complexity index is 690. The number of likely N-dealkylation sites (tertiary alicyclic amines) is 1. The maximum atomic E-state index is 12.5. The molecule has 0 bridgehead atoms. The molecule has 1 aliphatic rings. The van der Waals surface area contributed by atoms with Crippen LogP contribution in [0.4, 0.5) is 0 Å². The third-order valence-corrected chi connectivity index (χ3v) is 5.87. The van der Waals surface area contributed by atoms with Gasteiger partial charge in [0.05, 0.1) is 18.0 Å². The van der Waals surface area contributed by atoms with Crippen LogP contribution in [-0.4, -0.2) is 37.6 Å². The number of aryl methyl sites for hydroxylation is 1. The number of nitrogens with zero attached hydrogens (tertiary/aromatic N) is 1. The van der Waals surface area contributed by atoms with Crippen LogP contribution in [0.3, 0.4) is 0 Å². The van der Waals surface area contributed by atoms with Crippen molar-refractivity contribution in [1.29, 1.82) is 0 Å². The number of hydrogen-bond acceptors (Lipinski definition) is 4. The van der Waals surface area contributed by atoms with Gasteiger partial charge in [-0.15, -0.1) is 11.3 Å². The Balaban J connectivity index is 1.73. The SMILES string of the molecule is COc1ccc([C@H](CNC(=O)c2sccc2C)N2CCCCC2)cc1. The quantitative estimate of drug-likeness (QED) is 0.848. The zero-order chi connectivity index (χ0) is 17.6. The molecule has 1 fully saturated rings. The largest absolute Gasteiger partial charge is 0.497 e. The highest BCUT2D eigenvalue weighted by Gasteiger charge is 2.23. The predicted molar refractivity (Wildman–Crippen MR) is 103 cm³/mol. The van der Waals surface area contributed by atoms with E-state index in [1.165, 1.54) is 36.2 Å². The summed E-state index contributed by atoms with van der Waals surface area (Å²) in [5.74, 6) is 0.891. The first-order valence-corrected chi connectivity index (χ1v) is 9.77. The third kappa shape index (κ3) is 4.41. The summed E-state index contributed by atoms with van der Waals surface area (Å²) >= 11 is 1.50. The fraction of sp³-hybridized carbons (Fsp3) is 0.450. The molecule has 2 aromatic rings. The van der Waals surface area contributed by atoms with E-state index in [1.54, 1.807) is 7.11 Å². The van der Waals surface area contributed by atoms with Crippen LogP contribution < -0.4 is 10.1 Å². The van der Waals surface area contributed by atoms with Gasteiger partial charge in [0.25, 0.3) is 5.91 Å². The van der Waals surface area contributed by atoms with Crippen LogP contribution in [0.1, 0.15) is 46.1 Å². The molecule has 1 N–H and O–H groups in total. The van der Waals surface area contributed by atoms with Gasteiger partial charge in [-0.25, -0.2) is 0 Å². The molecule has 0 unspecified atom stereocenters. The fourth-order valence-electron chi connectivity index (χ4n) is 3.39. The molecule has 1 aromatic carbocycles. The number of ether oxygens (including phenoxy) is 1. The molecule has 5 heteroatoms. The lowest BCUT2D eigenvalue weighted by atomic mass is 10.0. The van der Waals surface area contributed by atoms with Crippen molar-refractivity contribution in [1.82, 2.24) is 10.2 Å². The van der Waals surface area contributed by atoms with Crippen molar-refractivity contribution in [2.75, 3.05) is 26.7 Å². The molecule has 1 aliphatic heterocycles. The van der Waals surface area contributed by atoms with Gasteiger partial charge >= 0.3 is 0 Å². The molecule has 3 rings (SSSR count). The Morgan fingerprint density at radius 1 is 1.20 bits per heavy atom. The topological polar surface area (TPSA) is 41.6 Å². The minimum Gasteiger partial charge on any atom is -0.497 e. The maximum Gasteiger partial charge on any atom is 0.261 e. The summed E-state index contributed by atoms with van der Waals surface area (Å²) in [7, 11) is 1.68. The lowest BCUT2D eigenvalue weighted by Gasteiger charge is -2.35. The van der Waals surface area contributed by atoms with Crippen LogP contribution in [0, 0.1) is 6.92 Å². The zero-order valence-electron chi connectivity index (χ0n) is 15.0. The van der Waals surface area contributed by atoms with E-state index in [0.717, 1.165) is 29.3 Å². The number of benzene rings is 1. The molecule has 0 spiro atoms. The maximum absolute atomic E-state index is 12.5. The van der Waals surface area contributed by atoms with Gasteiger partial charge in [-0.3, -0.25) is 9.69 Å². The van der Waals surface area contributed by atoms with Crippen molar-refractivity contribution >= 4 is 17.2 Å². The zero-order valence-corrected chi connectivity index (χ0v) is 15.8. The van der Waals surface area contributed by atoms with Crippen molar-refractivity contribution in [3.05, 3.63) is 51.7 Å². The van der Waals surface area contributed by atoms with Crippen LogP contribution in [-0.2, 0) is 0 Å². The average Bonchev–Trinajstić information content (AvgIpc) is 3.09. The van der Waals surface area contributed by atoms with Crippen LogP contribution >= 0.6 is 11.3 Å². The van der Waals surface area contributed by atoms with E-state index < -0.39 is 0 Å². The van der Waals surface area contributed by atoms with E-state index >= 15 is 0 Å². The first-order chi connectivity index (χ1) is 12.2. The van der Waals surface area contributed by atoms with E-state index in [9.17, 15) is 4.79 Å². The first kappa shape index (κ1) is 18.0. The molecule has 1 aromatic heterocycles. The number of rotatable bonds is 6. The highest BCUT2D eigenvalue weighted by atomic mass is 32.1. The van der Waals surface area contributed by atoms with Gasteiger partial charge in [-0.05, 0) is 67.6 Å². The van der Waals surface area contributed by atoms with Gasteiger partial charge in [-0.1, -0.05) is 18.6 Å². The summed E-state index contributed by atoms with van der Waals surface area (Å²) in [5.41, 5.74) is 2.27. The van der Waals surface area contributed by atoms with Crippen molar-refractivity contribution in [2.45, 2.75) is 32.2 Å². The summed E-state index contributed by atoms with van der Waals surface area (Å²) < 4.78 is 5.27. The normalized spacial score (nSPS) is 16.4. The van der Waals surface area contributed by atoms with E-state index in [1.807, 2.05) is 30.5 Å². The number of thiophene rings is 1. The van der Waals surface area contributed by atoms with Gasteiger partial charge in [0.15, 0.2) is 0 Å². The third-order valence-electron chi connectivity index (χ3n) is 4.86. The lowest BCUT2D eigenvalue weighted by Crippen LogP contribution is -2.40. The minimum atomic E-state index is 0.0306. The van der Waals surface area contributed by atoms with Gasteiger partial charge in [-0.2, -0.15) is 0 Å². The van der Waals surface area contributed by atoms with Crippen LogP contribution in [0.25, 0.3) is 0 Å². The summed E-state index contributed by atoms with van der Waals surface area (Å²) in [6.07, 6.45) is 3.75. The molecule has 4 nitrogen and oxygen atoms in total. The van der Waals surface area contributed by atoms with Crippen molar-refractivity contribution in [3.8, 4) is 5.75 Å². The molecule has 1 atom stereocenters. The molecule has 2 heterocycles. The highest BCUT2D eigenvalue weighted by molar-refractivity contribution is 7.12. The number of carbonyl (C=O) groups excluding carboxylic acids is 1. The van der Waals surface area contributed by atoms with Crippen molar-refractivity contribution in [3.63, 3.8) is 0 Å². The Morgan fingerprint density at radius 2 is 1.92 bits per heavy atom. The summed E-state index contributed by atoms with van der Waals surface area (Å²) in [4.78, 5) is 15.8. The number of piperidine rings is 1. The minimum absolute atomic E-state index is 0.0306. The van der Waals surface area contributed by atoms with Crippen molar-refractivity contribution in [2.24, 2.45) is 0 Å². The standard InChI is InChI=1S/C20H26N2O2S/c1-15-10-13-25-19(15)20(23)21-14-18(22-11-4-3-5-12-22)16-6-8-17(24-2)9-7-16/h6-10,13,18H,3-5,11-12,14H2,1-2H3,(H,21,23)/t18-/m0/s1. The van der Waals surface area contributed by atoms with Crippen LogP contribution in [0.2, 0.25) is 0 Å². The molecule has 0 radical (unpaired) electrons. The van der Waals surface area contributed by atoms with E-state index in [-0.39, 0.29) is 11.9 Å². The average molecular weight is 359 g/mol. The number of amides is 1. The van der Waals surface area contributed by atoms with Gasteiger partial charge in [0.1, 0.15) is 5.75 Å². The lowest BCUT2D eigenvalue weighted by molar-refractivity contribution is 0.0928. The number of nitrogens with one attached hydrogen (secondary N) is 1. The molecule has 1 saturated heterocycles. The Kier molecular flexibility index (Phi) is 6.10. The smallest absolute Gasteiger partial charge is 0.261 e. The van der Waals surface area contributed by atoms with Crippen LogP contribution in [0.5, 0.6) is 5.75 Å². The second-order valence-electron chi connectivity index (χ2n) is 6.53. The Morgan fingerprint density at radius 3 is 2.52 bits per heavy atom. The van der Waals surface area contributed by atoms with E-state index in [2.05, 4.69) is 22.3 Å². The Hall–Kier alpha value is -1.85. The summed E-state index contributed by atoms with van der Waals surface area (Å²) in [6, 6.07) is 10.4. The summed E-state index contributed by atoms with van der Waals surface area (Å²) in [5, 5.41) is 5.12. The van der Waals surface area contributed by atoms with Gasteiger partial charge in [0, 0.05) is 6.54 Å². The molecule has 1 amide bonds. The van der Waals surface area contributed by atoms with E-state index in [4.69, 9.17) is 4.74 Å². The highest BCUT2D eigenvalue weighted by Crippen LogP contribution is 2.26. The number of methoxy groups -OCH3 is 1. The molecular weight excluding hydrogens is 332 g/mol. The molecule has 134 valence electrons. The molecule has 25 heavy (non-hydrogen) atoms. The number of carbonyl (C=O) groups is 1. The molecular formula is C20H26N2O2S. The predicted octanol–water partition coefficient (Wildman–Crippen LogP) is 4.02. The Labute approximate surface area is 153 Å². The molecule has 0 saturated carbocycles. The summed E-state index contributed by atoms with van der Waals surface area (Å²) in [6.45, 7) is 4.79. The second-order valence-corrected chi connectivity index (χ2v) is 7.44. The number of hydrogen-bond donors (Lipinski definition) is 1.